The van der Waals surface area contributed by atoms with Crippen LogP contribution in [-0.2, 0) is 12.8 Å². The van der Waals surface area contributed by atoms with Gasteiger partial charge in [-0.15, -0.1) is 0 Å². The summed E-state index contributed by atoms with van der Waals surface area (Å²) in [6, 6.07) is 14.0. The summed E-state index contributed by atoms with van der Waals surface area (Å²) in [5, 5.41) is 0. The molecule has 0 saturated carbocycles. The zero-order valence-corrected chi connectivity index (χ0v) is 14.2. The molecule has 3 heterocycles. The lowest BCUT2D eigenvalue weighted by atomic mass is 10.1. The molecule has 0 aliphatic rings. The summed E-state index contributed by atoms with van der Waals surface area (Å²) in [4.78, 5) is 13.8. The molecule has 3 aromatic heterocycles. The van der Waals surface area contributed by atoms with Crippen molar-refractivity contribution < 1.29 is 4.74 Å². The zero-order valence-electron chi connectivity index (χ0n) is 14.2. The number of aryl methyl sites for hydroxylation is 3. The van der Waals surface area contributed by atoms with Crippen LogP contribution in [0.3, 0.4) is 0 Å². The van der Waals surface area contributed by atoms with Crippen LogP contribution in [0, 0.1) is 6.92 Å². The lowest BCUT2D eigenvalue weighted by Gasteiger charge is -2.08. The Morgan fingerprint density at radius 3 is 2.56 bits per heavy atom. The number of methoxy groups -OCH3 is 1. The predicted molar refractivity (Wildman–Crippen MR) is 97.8 cm³/mol. The van der Waals surface area contributed by atoms with Crippen LogP contribution in [0.25, 0.3) is 16.7 Å². The number of hydrogen-bond acceptors (Lipinski definition) is 5. The number of aromatic nitrogens is 4. The summed E-state index contributed by atoms with van der Waals surface area (Å²) in [5.74, 6) is 1.94. The molecule has 4 aromatic rings. The van der Waals surface area contributed by atoms with Crippen molar-refractivity contribution in [3.8, 4) is 5.88 Å². The number of pyridine rings is 1. The van der Waals surface area contributed by atoms with Crippen LogP contribution in [0.4, 0.5) is 5.82 Å². The monoisotopic (exact) mass is 333 g/mol. The average Bonchev–Trinajstić information content (AvgIpc) is 2.98. The Morgan fingerprint density at radius 2 is 1.80 bits per heavy atom. The summed E-state index contributed by atoms with van der Waals surface area (Å²) >= 11 is 0. The van der Waals surface area contributed by atoms with Gasteiger partial charge in [0.15, 0.2) is 11.5 Å². The summed E-state index contributed by atoms with van der Waals surface area (Å²) in [6.07, 6.45) is 1.68. The zero-order chi connectivity index (χ0) is 17.4. The number of nitrogens with zero attached hydrogens (tertiary/aromatic N) is 4. The van der Waals surface area contributed by atoms with E-state index in [1.165, 1.54) is 5.56 Å². The van der Waals surface area contributed by atoms with E-state index in [2.05, 4.69) is 22.1 Å². The van der Waals surface area contributed by atoms with E-state index >= 15 is 0 Å². The number of nitrogens with two attached hydrogens (primary N) is 1. The van der Waals surface area contributed by atoms with Gasteiger partial charge in [0.25, 0.3) is 0 Å². The van der Waals surface area contributed by atoms with Crippen LogP contribution >= 0.6 is 0 Å². The minimum Gasteiger partial charge on any atom is -0.481 e. The topological polar surface area (TPSA) is 78.3 Å². The predicted octanol–water partition coefficient (Wildman–Crippen LogP) is 2.96. The van der Waals surface area contributed by atoms with Crippen LogP contribution in [0.5, 0.6) is 5.88 Å². The van der Waals surface area contributed by atoms with Gasteiger partial charge in [-0.1, -0.05) is 30.3 Å². The lowest BCUT2D eigenvalue weighted by Crippen LogP contribution is -2.05. The normalized spacial score (nSPS) is 11.3. The molecule has 25 heavy (non-hydrogen) atoms. The molecule has 0 unspecified atom stereocenters. The van der Waals surface area contributed by atoms with Crippen molar-refractivity contribution in [2.45, 2.75) is 19.8 Å². The van der Waals surface area contributed by atoms with E-state index < -0.39 is 0 Å². The first-order chi connectivity index (χ1) is 12.2. The van der Waals surface area contributed by atoms with E-state index in [1.54, 1.807) is 13.2 Å². The summed E-state index contributed by atoms with van der Waals surface area (Å²) in [6.45, 7) is 1.95. The molecule has 1 aromatic carbocycles. The molecule has 0 amide bonds. The van der Waals surface area contributed by atoms with Crippen LogP contribution in [0.1, 0.15) is 17.1 Å². The van der Waals surface area contributed by atoms with E-state index in [1.807, 2.05) is 35.6 Å². The molecular weight excluding hydrogens is 314 g/mol. The number of anilines is 1. The number of rotatable bonds is 4. The fourth-order valence-electron chi connectivity index (χ4n) is 3.16. The smallest absolute Gasteiger partial charge is 0.215 e. The van der Waals surface area contributed by atoms with Gasteiger partial charge in [0, 0.05) is 12.5 Å². The molecule has 0 fully saturated rings. The molecule has 6 nitrogen and oxygen atoms in total. The Kier molecular flexibility index (Phi) is 3.72. The van der Waals surface area contributed by atoms with E-state index in [9.17, 15) is 0 Å². The van der Waals surface area contributed by atoms with E-state index in [0.717, 1.165) is 35.4 Å². The van der Waals surface area contributed by atoms with Crippen LogP contribution < -0.4 is 10.5 Å². The maximum atomic E-state index is 6.18. The minimum absolute atomic E-state index is 0.468. The number of imidazole rings is 1. The first-order valence-electron chi connectivity index (χ1n) is 8.19. The van der Waals surface area contributed by atoms with Gasteiger partial charge >= 0.3 is 0 Å². The molecule has 0 saturated heterocycles. The van der Waals surface area contributed by atoms with Gasteiger partial charge in [0.1, 0.15) is 16.9 Å². The fourth-order valence-corrected chi connectivity index (χ4v) is 3.16. The molecule has 0 bridgehead atoms. The Bertz CT molecular complexity index is 1060. The van der Waals surface area contributed by atoms with Crippen molar-refractivity contribution in [2.75, 3.05) is 12.8 Å². The summed E-state index contributed by atoms with van der Waals surface area (Å²) < 4.78 is 7.29. The van der Waals surface area contributed by atoms with Crippen molar-refractivity contribution in [1.29, 1.82) is 0 Å². The highest BCUT2D eigenvalue weighted by Crippen LogP contribution is 2.25. The summed E-state index contributed by atoms with van der Waals surface area (Å²) in [5.41, 5.74) is 10.6. The van der Waals surface area contributed by atoms with Crippen molar-refractivity contribution in [3.63, 3.8) is 0 Å². The van der Waals surface area contributed by atoms with Gasteiger partial charge in [-0.2, -0.15) is 4.98 Å². The van der Waals surface area contributed by atoms with E-state index in [4.69, 9.17) is 15.5 Å². The molecule has 0 aliphatic carbocycles. The average molecular weight is 333 g/mol. The van der Waals surface area contributed by atoms with Gasteiger partial charge < -0.3 is 10.5 Å². The second-order valence-corrected chi connectivity index (χ2v) is 5.98. The second kappa shape index (κ2) is 6.05. The number of ether oxygens (including phenoxy) is 1. The highest BCUT2D eigenvalue weighted by Gasteiger charge is 2.16. The van der Waals surface area contributed by atoms with Crippen molar-refractivity contribution >= 4 is 22.5 Å². The highest BCUT2D eigenvalue weighted by molar-refractivity contribution is 5.83. The lowest BCUT2D eigenvalue weighted by molar-refractivity contribution is 0.399. The molecule has 4 rings (SSSR count). The number of fused-ring (bicyclic) bond motifs is 3. The van der Waals surface area contributed by atoms with Gasteiger partial charge in [0.05, 0.1) is 12.8 Å². The Balaban J connectivity index is 1.88. The molecule has 126 valence electrons. The third-order valence-electron chi connectivity index (χ3n) is 4.33. The third-order valence-corrected chi connectivity index (χ3v) is 4.33. The molecule has 6 heteroatoms. The minimum atomic E-state index is 0.468. The Morgan fingerprint density at radius 1 is 1.00 bits per heavy atom. The SMILES string of the molecule is COc1ccc2nc(N)c3c(C)nc(CCc4ccccc4)n3c2n1. The quantitative estimate of drug-likeness (QED) is 0.621. The molecule has 0 spiro atoms. The maximum absolute atomic E-state index is 6.18. The largest absolute Gasteiger partial charge is 0.481 e. The molecule has 0 radical (unpaired) electrons. The van der Waals surface area contributed by atoms with Crippen LogP contribution in [-0.4, -0.2) is 26.5 Å². The van der Waals surface area contributed by atoms with Crippen molar-refractivity contribution in [2.24, 2.45) is 0 Å². The Hall–Kier alpha value is -3.15. The van der Waals surface area contributed by atoms with E-state index in [0.29, 0.717) is 17.3 Å². The van der Waals surface area contributed by atoms with Crippen molar-refractivity contribution in [1.82, 2.24) is 19.4 Å². The number of nitrogen functional groups attached to an aromatic ring is 1. The third kappa shape index (κ3) is 2.65. The first kappa shape index (κ1) is 15.4. The molecular formula is C19H19N5O. The number of hydrogen-bond donors (Lipinski definition) is 1. The highest BCUT2D eigenvalue weighted by atomic mass is 16.5. The molecule has 2 N–H and O–H groups in total. The standard InChI is InChI=1S/C19H19N5O/c1-12-17-18(20)22-14-9-11-16(25-2)23-19(14)24(17)15(21-12)10-8-13-6-4-3-5-7-13/h3-7,9,11H,8,10H2,1-2H3,(H2,20,22). The van der Waals surface area contributed by atoms with Crippen molar-refractivity contribution in [3.05, 3.63) is 59.5 Å². The van der Waals surface area contributed by atoms with Gasteiger partial charge in [-0.25, -0.2) is 9.97 Å². The van der Waals surface area contributed by atoms with E-state index in [-0.39, 0.29) is 0 Å². The van der Waals surface area contributed by atoms with Crippen LogP contribution in [0.2, 0.25) is 0 Å². The fraction of sp³-hybridized carbons (Fsp3) is 0.211. The maximum Gasteiger partial charge on any atom is 0.215 e. The molecule has 0 aliphatic heterocycles. The first-order valence-corrected chi connectivity index (χ1v) is 8.19. The number of benzene rings is 1. The van der Waals surface area contributed by atoms with Gasteiger partial charge in [-0.3, -0.25) is 4.40 Å². The second-order valence-electron chi connectivity index (χ2n) is 5.98. The Labute approximate surface area is 145 Å². The summed E-state index contributed by atoms with van der Waals surface area (Å²) in [7, 11) is 1.60. The van der Waals surface area contributed by atoms with Gasteiger partial charge in [0.2, 0.25) is 5.88 Å². The molecule has 0 atom stereocenters. The van der Waals surface area contributed by atoms with Crippen LogP contribution in [0.15, 0.2) is 42.5 Å². The van der Waals surface area contributed by atoms with Gasteiger partial charge in [-0.05, 0) is 25.0 Å².